The van der Waals surface area contributed by atoms with Gasteiger partial charge in [-0.05, 0) is 38.4 Å². The number of nitrogens with one attached hydrogen (secondary N) is 1. The average Bonchev–Trinajstić information content (AvgIpc) is 2.90. The topological polar surface area (TPSA) is 21.3 Å². The van der Waals surface area contributed by atoms with E-state index in [1.165, 1.54) is 48.3 Å². The van der Waals surface area contributed by atoms with Gasteiger partial charge in [0.1, 0.15) is 0 Å². The van der Waals surface area contributed by atoms with Crippen LogP contribution in [0.4, 0.5) is 0 Å². The van der Waals surface area contributed by atoms with E-state index in [9.17, 15) is 0 Å². The summed E-state index contributed by atoms with van der Waals surface area (Å²) in [5.41, 5.74) is 0. The van der Waals surface area contributed by atoms with Crippen molar-refractivity contribution in [2.75, 3.05) is 6.54 Å². The summed E-state index contributed by atoms with van der Waals surface area (Å²) < 4.78 is 5.94. The van der Waals surface area contributed by atoms with Gasteiger partial charge in [0.25, 0.3) is 0 Å². The lowest BCUT2D eigenvalue weighted by Gasteiger charge is -2.11. The summed E-state index contributed by atoms with van der Waals surface area (Å²) >= 11 is 1.87. The number of ether oxygens (including phenoxy) is 1. The number of thiophene rings is 1. The maximum absolute atomic E-state index is 5.94. The lowest BCUT2D eigenvalue weighted by atomic mass is 10.1. The molecule has 0 amide bonds. The second-order valence-electron chi connectivity index (χ2n) is 5.52. The Bertz CT molecular complexity index is 337. The average molecular weight is 298 g/mol. The first-order valence-electron chi connectivity index (χ1n) is 8.16. The Morgan fingerprint density at radius 1 is 1.10 bits per heavy atom. The van der Waals surface area contributed by atoms with Crippen molar-refractivity contribution in [1.29, 1.82) is 0 Å². The molecule has 0 aromatic carbocycles. The van der Waals surface area contributed by atoms with E-state index in [0.717, 1.165) is 19.7 Å². The fourth-order valence-corrected chi connectivity index (χ4v) is 3.06. The maximum atomic E-state index is 5.94. The zero-order valence-corrected chi connectivity index (χ0v) is 14.2. The van der Waals surface area contributed by atoms with Crippen LogP contribution in [-0.2, 0) is 17.9 Å². The quantitative estimate of drug-likeness (QED) is 0.540. The van der Waals surface area contributed by atoms with Crippen LogP contribution in [0, 0.1) is 0 Å². The second kappa shape index (κ2) is 11.3. The van der Waals surface area contributed by atoms with E-state index in [-0.39, 0.29) is 0 Å². The van der Waals surface area contributed by atoms with Crippen molar-refractivity contribution in [1.82, 2.24) is 5.32 Å². The van der Waals surface area contributed by atoms with Crippen LogP contribution in [0.15, 0.2) is 12.1 Å². The third-order valence-electron chi connectivity index (χ3n) is 3.42. The van der Waals surface area contributed by atoms with E-state index in [2.05, 4.69) is 38.2 Å². The molecule has 1 atom stereocenters. The molecule has 1 aromatic heterocycles. The normalized spacial score (nSPS) is 12.8. The zero-order chi connectivity index (χ0) is 14.6. The minimum absolute atomic E-state index is 0.385. The molecule has 2 nitrogen and oxygen atoms in total. The standard InChI is InChI=1S/C17H31NOS/c1-4-6-7-8-9-15(3)19-14-17-11-10-16(20-17)13-18-12-5-2/h10-11,15,18H,4-9,12-14H2,1-3H3. The molecule has 0 bridgehead atoms. The monoisotopic (exact) mass is 297 g/mol. The number of hydrogen-bond donors (Lipinski definition) is 1. The van der Waals surface area contributed by atoms with E-state index in [4.69, 9.17) is 4.74 Å². The van der Waals surface area contributed by atoms with Crippen LogP contribution in [0.5, 0.6) is 0 Å². The van der Waals surface area contributed by atoms with Crippen molar-refractivity contribution in [3.05, 3.63) is 21.9 Å². The van der Waals surface area contributed by atoms with Gasteiger partial charge in [0.2, 0.25) is 0 Å². The van der Waals surface area contributed by atoms with Gasteiger partial charge < -0.3 is 10.1 Å². The Kier molecular flexibility index (Phi) is 9.98. The number of hydrogen-bond acceptors (Lipinski definition) is 3. The van der Waals surface area contributed by atoms with Gasteiger partial charge in [0.15, 0.2) is 0 Å². The minimum Gasteiger partial charge on any atom is -0.373 e. The maximum Gasteiger partial charge on any atom is 0.0813 e. The van der Waals surface area contributed by atoms with Crippen LogP contribution >= 0.6 is 11.3 Å². The molecule has 0 spiro atoms. The lowest BCUT2D eigenvalue weighted by Crippen LogP contribution is -2.12. The van der Waals surface area contributed by atoms with Gasteiger partial charge in [-0.3, -0.25) is 0 Å². The molecule has 1 unspecified atom stereocenters. The Morgan fingerprint density at radius 3 is 2.65 bits per heavy atom. The van der Waals surface area contributed by atoms with Crippen LogP contribution in [0.2, 0.25) is 0 Å². The van der Waals surface area contributed by atoms with Crippen molar-refractivity contribution in [2.45, 2.75) is 78.6 Å². The van der Waals surface area contributed by atoms with Gasteiger partial charge in [0, 0.05) is 16.3 Å². The van der Waals surface area contributed by atoms with Crippen LogP contribution in [0.3, 0.4) is 0 Å². The smallest absolute Gasteiger partial charge is 0.0813 e. The van der Waals surface area contributed by atoms with E-state index < -0.39 is 0 Å². The highest BCUT2D eigenvalue weighted by atomic mass is 32.1. The Balaban J connectivity index is 2.14. The third-order valence-corrected chi connectivity index (χ3v) is 4.48. The molecule has 0 fully saturated rings. The number of unbranched alkanes of at least 4 members (excludes halogenated alkanes) is 3. The van der Waals surface area contributed by atoms with Gasteiger partial charge in [-0.1, -0.05) is 39.5 Å². The molecule has 0 saturated carbocycles. The highest BCUT2D eigenvalue weighted by Crippen LogP contribution is 2.18. The van der Waals surface area contributed by atoms with E-state index >= 15 is 0 Å². The molecule has 0 aliphatic carbocycles. The summed E-state index contributed by atoms with van der Waals surface area (Å²) in [4.78, 5) is 2.76. The van der Waals surface area contributed by atoms with Crippen molar-refractivity contribution >= 4 is 11.3 Å². The molecule has 3 heteroatoms. The molecule has 0 aliphatic heterocycles. The summed E-state index contributed by atoms with van der Waals surface area (Å²) in [6.45, 7) is 9.51. The first-order valence-corrected chi connectivity index (χ1v) is 8.97. The third kappa shape index (κ3) is 8.03. The summed E-state index contributed by atoms with van der Waals surface area (Å²) in [6.07, 6.45) is 8.07. The fraction of sp³-hybridized carbons (Fsp3) is 0.765. The molecule has 1 aromatic rings. The first kappa shape index (κ1) is 17.7. The summed E-state index contributed by atoms with van der Waals surface area (Å²) in [5, 5.41) is 3.44. The van der Waals surface area contributed by atoms with Crippen molar-refractivity contribution in [2.24, 2.45) is 0 Å². The van der Waals surface area contributed by atoms with E-state index in [1.807, 2.05) is 11.3 Å². The van der Waals surface area contributed by atoms with Crippen LogP contribution in [0.25, 0.3) is 0 Å². The van der Waals surface area contributed by atoms with Crippen LogP contribution < -0.4 is 5.32 Å². The predicted octanol–water partition coefficient (Wildman–Crippen LogP) is 5.12. The summed E-state index contributed by atoms with van der Waals surface area (Å²) in [6, 6.07) is 4.43. The molecular weight excluding hydrogens is 266 g/mol. The Morgan fingerprint density at radius 2 is 1.90 bits per heavy atom. The second-order valence-corrected chi connectivity index (χ2v) is 6.77. The SMILES string of the molecule is CCCCCCC(C)OCc1ccc(CNCCC)s1. The Labute approximate surface area is 128 Å². The fourth-order valence-electron chi connectivity index (χ4n) is 2.15. The van der Waals surface area contributed by atoms with Gasteiger partial charge in [-0.2, -0.15) is 0 Å². The molecular formula is C17H31NOS. The van der Waals surface area contributed by atoms with Gasteiger partial charge in [-0.25, -0.2) is 0 Å². The van der Waals surface area contributed by atoms with Gasteiger partial charge in [0.05, 0.1) is 12.7 Å². The van der Waals surface area contributed by atoms with Crippen molar-refractivity contribution in [3.63, 3.8) is 0 Å². The molecule has 1 rings (SSSR count). The molecule has 116 valence electrons. The molecule has 20 heavy (non-hydrogen) atoms. The van der Waals surface area contributed by atoms with Crippen molar-refractivity contribution < 1.29 is 4.74 Å². The highest BCUT2D eigenvalue weighted by Gasteiger charge is 2.05. The molecule has 1 heterocycles. The van der Waals surface area contributed by atoms with Gasteiger partial charge >= 0.3 is 0 Å². The summed E-state index contributed by atoms with van der Waals surface area (Å²) in [5.74, 6) is 0. The lowest BCUT2D eigenvalue weighted by molar-refractivity contribution is 0.0475. The van der Waals surface area contributed by atoms with Crippen LogP contribution in [0.1, 0.15) is 69.1 Å². The Hall–Kier alpha value is -0.380. The molecule has 0 saturated heterocycles. The number of rotatable bonds is 12. The predicted molar refractivity (Wildman–Crippen MR) is 89.3 cm³/mol. The largest absolute Gasteiger partial charge is 0.373 e. The molecule has 0 radical (unpaired) electrons. The van der Waals surface area contributed by atoms with Crippen LogP contribution in [-0.4, -0.2) is 12.6 Å². The highest BCUT2D eigenvalue weighted by molar-refractivity contribution is 7.11. The summed E-state index contributed by atoms with van der Waals surface area (Å²) in [7, 11) is 0. The molecule has 0 aliphatic rings. The zero-order valence-electron chi connectivity index (χ0n) is 13.4. The van der Waals surface area contributed by atoms with E-state index in [0.29, 0.717) is 6.10 Å². The minimum atomic E-state index is 0.385. The van der Waals surface area contributed by atoms with Gasteiger partial charge in [-0.15, -0.1) is 11.3 Å². The molecule has 1 N–H and O–H groups in total. The first-order chi connectivity index (χ1) is 9.76. The van der Waals surface area contributed by atoms with Crippen molar-refractivity contribution in [3.8, 4) is 0 Å². The van der Waals surface area contributed by atoms with E-state index in [1.54, 1.807) is 0 Å².